The predicted octanol–water partition coefficient (Wildman–Crippen LogP) is 0.713. The van der Waals surface area contributed by atoms with Crippen LogP contribution in [0.5, 0.6) is 0 Å². The number of ether oxygens (including phenoxy) is 1. The second-order valence-corrected chi connectivity index (χ2v) is 1.57. The first-order valence-electron chi connectivity index (χ1n) is 2.16. The summed E-state index contributed by atoms with van der Waals surface area (Å²) in [6.45, 7) is 1.61. The summed E-state index contributed by atoms with van der Waals surface area (Å²) in [5.74, 6) is -0.361. The molecule has 0 saturated carbocycles. The smallest absolute Gasteiger partial charge is 0.323 e. The van der Waals surface area contributed by atoms with Crippen molar-refractivity contribution in [1.82, 2.24) is 4.84 Å². The maximum Gasteiger partial charge on any atom is 0.323 e. The first-order valence-corrected chi connectivity index (χ1v) is 2.54. The zero-order valence-electron chi connectivity index (χ0n) is 5.18. The number of rotatable bonds is 2. The maximum absolute atomic E-state index is 10.4. The van der Waals surface area contributed by atoms with Gasteiger partial charge in [-0.05, 0) is 18.7 Å². The van der Waals surface area contributed by atoms with Gasteiger partial charge in [0.1, 0.15) is 6.04 Å². The molecular formula is C4H9Cl2NO2. The van der Waals surface area contributed by atoms with Crippen molar-refractivity contribution < 1.29 is 9.53 Å². The molecule has 0 aromatic rings. The molecule has 1 N–H and O–H groups in total. The van der Waals surface area contributed by atoms with Crippen LogP contribution >= 0.6 is 24.2 Å². The molecule has 0 bridgehead atoms. The van der Waals surface area contributed by atoms with E-state index >= 15 is 0 Å². The highest BCUT2D eigenvalue weighted by Gasteiger charge is 2.09. The summed E-state index contributed by atoms with van der Waals surface area (Å²) >= 11 is 5.07. The van der Waals surface area contributed by atoms with Crippen LogP contribution in [-0.4, -0.2) is 19.1 Å². The van der Waals surface area contributed by atoms with E-state index in [0.29, 0.717) is 0 Å². The Morgan fingerprint density at radius 1 is 1.78 bits per heavy atom. The van der Waals surface area contributed by atoms with Gasteiger partial charge in [0, 0.05) is 0 Å². The molecule has 0 aromatic heterocycles. The van der Waals surface area contributed by atoms with E-state index in [4.69, 9.17) is 11.8 Å². The zero-order chi connectivity index (χ0) is 6.57. The highest BCUT2D eigenvalue weighted by atomic mass is 35.5. The number of hydrogen-bond donors (Lipinski definition) is 1. The molecule has 0 saturated heterocycles. The summed E-state index contributed by atoms with van der Waals surface area (Å²) in [6, 6.07) is -0.429. The largest absolute Gasteiger partial charge is 0.468 e. The number of carbonyl (C=O) groups excluding carboxylic acids is 1. The highest BCUT2D eigenvalue weighted by Crippen LogP contribution is 1.84. The van der Waals surface area contributed by atoms with Crippen LogP contribution in [0.3, 0.4) is 0 Å². The van der Waals surface area contributed by atoms with Gasteiger partial charge in [-0.25, -0.2) is 4.84 Å². The Bertz CT molecular complexity index is 88.6. The molecular weight excluding hydrogens is 165 g/mol. The molecule has 0 heterocycles. The van der Waals surface area contributed by atoms with Crippen molar-refractivity contribution in [3.05, 3.63) is 0 Å². The lowest BCUT2D eigenvalue weighted by Crippen LogP contribution is -2.28. The number of hydrogen-bond acceptors (Lipinski definition) is 3. The van der Waals surface area contributed by atoms with Gasteiger partial charge in [-0.1, -0.05) is 0 Å². The molecule has 0 unspecified atom stereocenters. The average Bonchev–Trinajstić information content (AvgIpc) is 1.84. The first-order chi connectivity index (χ1) is 3.72. The Hall–Kier alpha value is 0.01000. The van der Waals surface area contributed by atoms with E-state index < -0.39 is 6.04 Å². The van der Waals surface area contributed by atoms with Crippen molar-refractivity contribution in [2.24, 2.45) is 0 Å². The van der Waals surface area contributed by atoms with Crippen LogP contribution in [0.25, 0.3) is 0 Å². The Balaban J connectivity index is 0. The van der Waals surface area contributed by atoms with Gasteiger partial charge in [0.2, 0.25) is 0 Å². The molecule has 0 radical (unpaired) electrons. The normalized spacial score (nSPS) is 11.4. The van der Waals surface area contributed by atoms with Gasteiger partial charge in [-0.3, -0.25) is 4.79 Å². The van der Waals surface area contributed by atoms with Gasteiger partial charge in [0.05, 0.1) is 7.11 Å². The van der Waals surface area contributed by atoms with E-state index in [-0.39, 0.29) is 18.4 Å². The molecule has 5 heteroatoms. The van der Waals surface area contributed by atoms with Crippen LogP contribution in [-0.2, 0) is 9.53 Å². The number of carbonyl (C=O) groups is 1. The summed E-state index contributed by atoms with van der Waals surface area (Å²) in [4.78, 5) is 12.6. The van der Waals surface area contributed by atoms with E-state index in [0.717, 1.165) is 0 Å². The summed E-state index contributed by atoms with van der Waals surface area (Å²) in [6.07, 6.45) is 0. The standard InChI is InChI=1S/C4H8ClNO2.ClH/c1-3(6-5)4(7)8-2;/h3,6H,1-2H3;1H/t3-;/m1./s1. The molecule has 0 fully saturated rings. The molecule has 1 atom stereocenters. The summed E-state index contributed by atoms with van der Waals surface area (Å²) in [7, 11) is 1.31. The molecule has 9 heavy (non-hydrogen) atoms. The lowest BCUT2D eigenvalue weighted by molar-refractivity contribution is -0.142. The van der Waals surface area contributed by atoms with Gasteiger partial charge in [0.25, 0.3) is 0 Å². The second-order valence-electron chi connectivity index (χ2n) is 1.35. The molecule has 3 nitrogen and oxygen atoms in total. The highest BCUT2D eigenvalue weighted by molar-refractivity contribution is 6.14. The van der Waals surface area contributed by atoms with Crippen LogP contribution in [0, 0.1) is 0 Å². The van der Waals surface area contributed by atoms with Gasteiger partial charge >= 0.3 is 5.97 Å². The molecule has 0 aromatic carbocycles. The van der Waals surface area contributed by atoms with Crippen molar-refractivity contribution in [3.63, 3.8) is 0 Å². The van der Waals surface area contributed by atoms with Crippen LogP contribution in [0.4, 0.5) is 0 Å². The van der Waals surface area contributed by atoms with Crippen LogP contribution in [0.1, 0.15) is 6.92 Å². The third kappa shape index (κ3) is 4.51. The number of methoxy groups -OCH3 is 1. The van der Waals surface area contributed by atoms with E-state index in [1.54, 1.807) is 6.92 Å². The van der Waals surface area contributed by atoms with Crippen molar-refractivity contribution in [3.8, 4) is 0 Å². The number of nitrogens with one attached hydrogen (secondary N) is 1. The Morgan fingerprint density at radius 3 is 2.33 bits per heavy atom. The lowest BCUT2D eigenvalue weighted by Gasteiger charge is -2.02. The topological polar surface area (TPSA) is 38.3 Å². The Kier molecular flexibility index (Phi) is 8.02. The molecule has 0 rings (SSSR count). The Morgan fingerprint density at radius 2 is 2.22 bits per heavy atom. The van der Waals surface area contributed by atoms with Crippen molar-refractivity contribution in [2.45, 2.75) is 13.0 Å². The quantitative estimate of drug-likeness (QED) is 0.495. The fourth-order valence-electron chi connectivity index (χ4n) is 0.221. The minimum Gasteiger partial charge on any atom is -0.468 e. The fourth-order valence-corrected chi connectivity index (χ4v) is 0.310. The monoisotopic (exact) mass is 173 g/mol. The lowest BCUT2D eigenvalue weighted by atomic mass is 10.4. The molecule has 0 aliphatic rings. The zero-order valence-corrected chi connectivity index (χ0v) is 6.75. The van der Waals surface area contributed by atoms with E-state index in [2.05, 4.69) is 9.57 Å². The first kappa shape index (κ1) is 11.8. The van der Waals surface area contributed by atoms with Gasteiger partial charge in [0.15, 0.2) is 0 Å². The minimum absolute atomic E-state index is 0. The number of halogens is 2. The summed E-state index contributed by atoms with van der Waals surface area (Å²) in [5, 5.41) is 0. The summed E-state index contributed by atoms with van der Waals surface area (Å²) < 4.78 is 4.32. The van der Waals surface area contributed by atoms with Gasteiger partial charge < -0.3 is 4.74 Å². The van der Waals surface area contributed by atoms with Crippen molar-refractivity contribution in [2.75, 3.05) is 7.11 Å². The third-order valence-electron chi connectivity index (χ3n) is 0.718. The average molecular weight is 174 g/mol. The molecule has 0 amide bonds. The van der Waals surface area contributed by atoms with E-state index in [1.807, 2.05) is 0 Å². The molecule has 0 aliphatic heterocycles. The van der Waals surface area contributed by atoms with E-state index in [9.17, 15) is 4.79 Å². The van der Waals surface area contributed by atoms with Gasteiger partial charge in [-0.15, -0.1) is 12.4 Å². The Labute approximate surface area is 65.2 Å². The third-order valence-corrected chi connectivity index (χ3v) is 1.05. The van der Waals surface area contributed by atoms with Crippen molar-refractivity contribution in [1.29, 1.82) is 0 Å². The maximum atomic E-state index is 10.4. The van der Waals surface area contributed by atoms with E-state index in [1.165, 1.54) is 7.11 Å². The van der Waals surface area contributed by atoms with Crippen LogP contribution in [0.15, 0.2) is 0 Å². The molecule has 0 aliphatic carbocycles. The van der Waals surface area contributed by atoms with Crippen LogP contribution < -0.4 is 4.84 Å². The predicted molar refractivity (Wildman–Crippen MR) is 37.7 cm³/mol. The fraction of sp³-hybridized carbons (Fsp3) is 0.750. The minimum atomic E-state index is -0.429. The number of esters is 1. The van der Waals surface area contributed by atoms with Crippen molar-refractivity contribution >= 4 is 30.2 Å². The van der Waals surface area contributed by atoms with Gasteiger partial charge in [-0.2, -0.15) is 0 Å². The molecule has 0 spiro atoms. The van der Waals surface area contributed by atoms with Crippen LogP contribution in [0.2, 0.25) is 0 Å². The molecule has 56 valence electrons. The summed E-state index contributed by atoms with van der Waals surface area (Å²) in [5.41, 5.74) is 0. The SMILES string of the molecule is COC(=O)[C@@H](C)NCl.Cl. The second kappa shape index (κ2) is 6.13.